The van der Waals surface area contributed by atoms with Gasteiger partial charge in [0.2, 0.25) is 0 Å². The molecule has 0 spiro atoms. The van der Waals surface area contributed by atoms with Crippen molar-refractivity contribution in [3.8, 4) is 23.0 Å². The standard InChI is InChI=1S/C20H25N5O2S/c1-5-18-21-16(12-28-18)20-23-22-19-13(2)24(8-9-25(19)20)11-14-6-7-15(26-3)10-17(14)27-4/h6-7,10,12-13H,5,8-9,11H2,1-4H3/t13-/m0/s1. The SMILES string of the molecule is CCc1nc(-c2nnc3n2CCN(Cc2ccc(OC)cc2OC)[C@H]3C)cs1. The molecule has 3 aromatic rings. The van der Waals surface area contributed by atoms with E-state index < -0.39 is 0 Å². The van der Waals surface area contributed by atoms with Gasteiger partial charge in [-0.25, -0.2) is 4.98 Å². The van der Waals surface area contributed by atoms with Gasteiger partial charge in [-0.15, -0.1) is 21.5 Å². The van der Waals surface area contributed by atoms with Crippen molar-refractivity contribution in [2.45, 2.75) is 39.4 Å². The van der Waals surface area contributed by atoms with Crippen LogP contribution in [0.5, 0.6) is 11.5 Å². The van der Waals surface area contributed by atoms with Crippen molar-refractivity contribution >= 4 is 11.3 Å². The summed E-state index contributed by atoms with van der Waals surface area (Å²) in [5.41, 5.74) is 2.06. The van der Waals surface area contributed by atoms with Crippen molar-refractivity contribution in [1.82, 2.24) is 24.6 Å². The molecular weight excluding hydrogens is 374 g/mol. The van der Waals surface area contributed by atoms with E-state index in [4.69, 9.17) is 9.47 Å². The first-order chi connectivity index (χ1) is 13.6. The molecule has 0 radical (unpaired) electrons. The summed E-state index contributed by atoms with van der Waals surface area (Å²) in [7, 11) is 3.36. The molecule has 0 saturated heterocycles. The topological polar surface area (TPSA) is 65.3 Å². The average Bonchev–Trinajstić information content (AvgIpc) is 3.37. The Morgan fingerprint density at radius 1 is 1.18 bits per heavy atom. The molecule has 7 nitrogen and oxygen atoms in total. The Morgan fingerprint density at radius 3 is 2.75 bits per heavy atom. The van der Waals surface area contributed by atoms with Gasteiger partial charge in [0.1, 0.15) is 17.2 Å². The quantitative estimate of drug-likeness (QED) is 0.631. The smallest absolute Gasteiger partial charge is 0.183 e. The molecule has 2 aromatic heterocycles. The fraction of sp³-hybridized carbons (Fsp3) is 0.450. The molecular formula is C20H25N5O2S. The first-order valence-corrected chi connectivity index (χ1v) is 10.3. The van der Waals surface area contributed by atoms with Gasteiger partial charge in [0.15, 0.2) is 11.6 Å². The molecule has 148 valence electrons. The van der Waals surface area contributed by atoms with Crippen LogP contribution in [0.1, 0.15) is 36.3 Å². The van der Waals surface area contributed by atoms with Crippen LogP contribution < -0.4 is 9.47 Å². The third-order valence-electron chi connectivity index (χ3n) is 5.26. The lowest BCUT2D eigenvalue weighted by atomic mass is 10.1. The molecule has 3 heterocycles. The predicted octanol–water partition coefficient (Wildman–Crippen LogP) is 3.56. The second kappa shape index (κ2) is 7.89. The number of rotatable bonds is 6. The number of benzene rings is 1. The van der Waals surface area contributed by atoms with Crippen LogP contribution in [0.15, 0.2) is 23.6 Å². The molecule has 1 aromatic carbocycles. The van der Waals surface area contributed by atoms with Crippen molar-refractivity contribution in [2.75, 3.05) is 20.8 Å². The Morgan fingerprint density at radius 2 is 2.04 bits per heavy atom. The highest BCUT2D eigenvalue weighted by Crippen LogP contribution is 2.32. The Hall–Kier alpha value is -2.45. The predicted molar refractivity (Wildman–Crippen MR) is 109 cm³/mol. The summed E-state index contributed by atoms with van der Waals surface area (Å²) in [6.07, 6.45) is 0.944. The summed E-state index contributed by atoms with van der Waals surface area (Å²) >= 11 is 1.68. The molecule has 0 bridgehead atoms. The van der Waals surface area contributed by atoms with Gasteiger partial charge in [0, 0.05) is 36.6 Å². The zero-order valence-corrected chi connectivity index (χ0v) is 17.5. The second-order valence-corrected chi connectivity index (χ2v) is 7.78. The molecule has 8 heteroatoms. The zero-order chi connectivity index (χ0) is 19.7. The molecule has 0 saturated carbocycles. The van der Waals surface area contributed by atoms with Crippen LogP contribution >= 0.6 is 11.3 Å². The number of thiazole rings is 1. The Labute approximate surface area is 168 Å². The van der Waals surface area contributed by atoms with Gasteiger partial charge in [-0.3, -0.25) is 4.90 Å². The van der Waals surface area contributed by atoms with Crippen molar-refractivity contribution < 1.29 is 9.47 Å². The lowest BCUT2D eigenvalue weighted by Gasteiger charge is -2.33. The molecule has 1 aliphatic heterocycles. The minimum atomic E-state index is 0.158. The lowest BCUT2D eigenvalue weighted by Crippen LogP contribution is -2.36. The maximum atomic E-state index is 5.56. The average molecular weight is 400 g/mol. The molecule has 0 N–H and O–H groups in total. The minimum absolute atomic E-state index is 0.158. The number of ether oxygens (including phenoxy) is 2. The van der Waals surface area contributed by atoms with E-state index in [1.807, 2.05) is 12.1 Å². The van der Waals surface area contributed by atoms with E-state index in [0.29, 0.717) is 0 Å². The van der Waals surface area contributed by atoms with Gasteiger partial charge in [-0.2, -0.15) is 0 Å². The number of hydrogen-bond donors (Lipinski definition) is 0. The maximum Gasteiger partial charge on any atom is 0.183 e. The largest absolute Gasteiger partial charge is 0.497 e. The number of methoxy groups -OCH3 is 2. The fourth-order valence-corrected chi connectivity index (χ4v) is 4.34. The molecule has 0 fully saturated rings. The first kappa shape index (κ1) is 18.9. The third-order valence-corrected chi connectivity index (χ3v) is 6.26. The third kappa shape index (κ3) is 3.38. The van der Waals surface area contributed by atoms with Crippen LogP contribution in [-0.4, -0.2) is 45.4 Å². The van der Waals surface area contributed by atoms with Crippen LogP contribution in [0.4, 0.5) is 0 Å². The monoisotopic (exact) mass is 399 g/mol. The highest BCUT2D eigenvalue weighted by Gasteiger charge is 2.29. The van der Waals surface area contributed by atoms with E-state index in [2.05, 4.69) is 49.9 Å². The van der Waals surface area contributed by atoms with Crippen molar-refractivity contribution in [2.24, 2.45) is 0 Å². The summed E-state index contributed by atoms with van der Waals surface area (Å²) in [5, 5.41) is 12.2. The Bertz CT molecular complexity index is 967. The van der Waals surface area contributed by atoms with Crippen LogP contribution in [0, 0.1) is 0 Å². The van der Waals surface area contributed by atoms with E-state index in [1.165, 1.54) is 0 Å². The summed E-state index contributed by atoms with van der Waals surface area (Å²) < 4.78 is 13.1. The van der Waals surface area contributed by atoms with Gasteiger partial charge in [0.05, 0.1) is 25.3 Å². The molecule has 0 unspecified atom stereocenters. The van der Waals surface area contributed by atoms with Crippen LogP contribution in [0.2, 0.25) is 0 Å². The second-order valence-electron chi connectivity index (χ2n) is 6.84. The van der Waals surface area contributed by atoms with Gasteiger partial charge in [-0.05, 0) is 19.4 Å². The van der Waals surface area contributed by atoms with Crippen LogP contribution in [-0.2, 0) is 19.5 Å². The first-order valence-electron chi connectivity index (χ1n) is 9.47. The molecule has 1 atom stereocenters. The van der Waals surface area contributed by atoms with Crippen LogP contribution in [0.25, 0.3) is 11.5 Å². The highest BCUT2D eigenvalue weighted by atomic mass is 32.1. The molecule has 0 amide bonds. The normalized spacial score (nSPS) is 16.8. The summed E-state index contributed by atoms with van der Waals surface area (Å²) in [6.45, 7) is 6.85. The van der Waals surface area contributed by atoms with E-state index in [1.54, 1.807) is 25.6 Å². The Balaban J connectivity index is 1.57. The number of aromatic nitrogens is 4. The van der Waals surface area contributed by atoms with Crippen LogP contribution in [0.3, 0.4) is 0 Å². The van der Waals surface area contributed by atoms with E-state index in [0.717, 1.165) is 65.5 Å². The van der Waals surface area contributed by atoms with Gasteiger partial charge >= 0.3 is 0 Å². The van der Waals surface area contributed by atoms with Crippen molar-refractivity contribution in [1.29, 1.82) is 0 Å². The number of nitrogens with zero attached hydrogens (tertiary/aromatic N) is 5. The summed E-state index contributed by atoms with van der Waals surface area (Å²) in [5.74, 6) is 3.50. The van der Waals surface area contributed by atoms with Crippen molar-refractivity contribution in [3.63, 3.8) is 0 Å². The van der Waals surface area contributed by atoms with E-state index in [-0.39, 0.29) is 6.04 Å². The van der Waals surface area contributed by atoms with Gasteiger partial charge < -0.3 is 14.0 Å². The molecule has 0 aliphatic carbocycles. The number of aryl methyl sites for hydroxylation is 1. The highest BCUT2D eigenvalue weighted by molar-refractivity contribution is 7.09. The molecule has 4 rings (SSSR count). The van der Waals surface area contributed by atoms with Crippen molar-refractivity contribution in [3.05, 3.63) is 40.0 Å². The lowest BCUT2D eigenvalue weighted by molar-refractivity contribution is 0.155. The minimum Gasteiger partial charge on any atom is -0.497 e. The maximum absolute atomic E-state index is 5.56. The summed E-state index contributed by atoms with van der Waals surface area (Å²) in [6, 6.07) is 6.13. The molecule has 1 aliphatic rings. The molecule has 28 heavy (non-hydrogen) atoms. The van der Waals surface area contributed by atoms with Gasteiger partial charge in [0.25, 0.3) is 0 Å². The number of fused-ring (bicyclic) bond motifs is 1. The Kier molecular flexibility index (Phi) is 5.32. The fourth-order valence-electron chi connectivity index (χ4n) is 3.61. The van der Waals surface area contributed by atoms with E-state index in [9.17, 15) is 0 Å². The number of hydrogen-bond acceptors (Lipinski definition) is 7. The van der Waals surface area contributed by atoms with E-state index >= 15 is 0 Å². The summed E-state index contributed by atoms with van der Waals surface area (Å²) in [4.78, 5) is 7.08. The zero-order valence-electron chi connectivity index (χ0n) is 16.7. The van der Waals surface area contributed by atoms with Gasteiger partial charge in [-0.1, -0.05) is 13.0 Å².